The first-order valence-corrected chi connectivity index (χ1v) is 14.4. The molecule has 0 heterocycles. The lowest BCUT2D eigenvalue weighted by molar-refractivity contribution is -0.384. The minimum Gasteiger partial charge on any atom is -0.497 e. The van der Waals surface area contributed by atoms with E-state index in [0.29, 0.717) is 22.7 Å². The second-order valence-corrected chi connectivity index (χ2v) is 10.9. The Morgan fingerprint density at radius 2 is 1.59 bits per heavy atom. The van der Waals surface area contributed by atoms with Crippen molar-refractivity contribution in [1.29, 1.82) is 0 Å². The van der Waals surface area contributed by atoms with Gasteiger partial charge in [-0.05, 0) is 72.3 Å². The van der Waals surface area contributed by atoms with E-state index in [2.05, 4.69) is 15.8 Å². The number of carbonyl (C=O) groups is 2. The molecular weight excluding hydrogens is 590 g/mol. The molecule has 0 aliphatic carbocycles. The Labute approximate surface area is 252 Å². The van der Waals surface area contributed by atoms with Crippen molar-refractivity contribution in [2.75, 3.05) is 29.9 Å². The number of ether oxygens (including phenoxy) is 2. The minimum atomic E-state index is -4.26. The van der Waals surface area contributed by atoms with Crippen LogP contribution >= 0.6 is 0 Å². The molecule has 2 N–H and O–H groups in total. The number of nitrogens with one attached hydrogen (secondary N) is 2. The number of benzene rings is 4. The third-order valence-corrected chi connectivity index (χ3v) is 7.76. The van der Waals surface area contributed by atoms with Crippen molar-refractivity contribution >= 4 is 45.1 Å². The Morgan fingerprint density at radius 1 is 0.909 bits per heavy atom. The summed E-state index contributed by atoms with van der Waals surface area (Å²) in [6.45, 7) is -0.913. The molecule has 0 aromatic heterocycles. The molecule has 226 valence electrons. The van der Waals surface area contributed by atoms with Crippen LogP contribution in [0.15, 0.2) is 113 Å². The zero-order valence-electron chi connectivity index (χ0n) is 23.3. The van der Waals surface area contributed by atoms with Crippen LogP contribution in [0.25, 0.3) is 0 Å². The Bertz CT molecular complexity index is 1750. The van der Waals surface area contributed by atoms with Crippen molar-refractivity contribution < 1.29 is 32.4 Å². The Balaban J connectivity index is 1.35. The number of amides is 2. The summed E-state index contributed by atoms with van der Waals surface area (Å²) < 4.78 is 38.1. The number of methoxy groups -OCH3 is 1. The number of nitrogens with zero attached hydrogens (tertiary/aromatic N) is 3. The summed E-state index contributed by atoms with van der Waals surface area (Å²) in [7, 11) is -2.70. The van der Waals surface area contributed by atoms with Crippen molar-refractivity contribution in [2.24, 2.45) is 5.10 Å². The smallest absolute Gasteiger partial charge is 0.271 e. The number of anilines is 2. The highest BCUT2D eigenvalue weighted by molar-refractivity contribution is 7.92. The lowest BCUT2D eigenvalue weighted by atomic mass is 10.2. The summed E-state index contributed by atoms with van der Waals surface area (Å²) in [6.07, 6.45) is 1.33. The molecule has 2 amide bonds. The van der Waals surface area contributed by atoms with E-state index < -0.39 is 27.4 Å². The van der Waals surface area contributed by atoms with Crippen molar-refractivity contribution in [3.05, 3.63) is 119 Å². The molecule has 0 unspecified atom stereocenters. The zero-order valence-corrected chi connectivity index (χ0v) is 24.1. The van der Waals surface area contributed by atoms with Crippen LogP contribution in [0.4, 0.5) is 17.1 Å². The van der Waals surface area contributed by atoms with Crippen LogP contribution in [-0.4, -0.2) is 51.6 Å². The van der Waals surface area contributed by atoms with Crippen molar-refractivity contribution in [1.82, 2.24) is 5.43 Å². The fraction of sp³-hybridized carbons (Fsp3) is 0.100. The summed E-state index contributed by atoms with van der Waals surface area (Å²) in [4.78, 5) is 35.4. The van der Waals surface area contributed by atoms with Crippen LogP contribution in [0, 0.1) is 10.1 Å². The van der Waals surface area contributed by atoms with E-state index in [1.807, 2.05) is 0 Å². The van der Waals surface area contributed by atoms with E-state index in [1.165, 1.54) is 48.7 Å². The summed E-state index contributed by atoms with van der Waals surface area (Å²) in [5.74, 6) is -0.0391. The van der Waals surface area contributed by atoms with Crippen LogP contribution < -0.4 is 24.5 Å². The normalized spacial score (nSPS) is 11.0. The Kier molecular flexibility index (Phi) is 10.2. The number of hydrazone groups is 1. The summed E-state index contributed by atoms with van der Waals surface area (Å²) in [6, 6.07) is 25.7. The van der Waals surface area contributed by atoms with Gasteiger partial charge < -0.3 is 14.8 Å². The SMILES string of the molecule is COc1ccc(NC(=O)COc2ccc(/C=N\NC(=O)CN(c3cccc([N+](=O)[O-])c3)S(=O)(=O)c3ccccc3)cc2)cc1. The standard InChI is InChI=1S/C30H27N5O8S/c1-42-26-16-12-23(13-17-26)32-30(37)21-43-27-14-10-22(11-15-27)19-31-33-29(36)20-34(24-6-5-7-25(18-24)35(38)39)44(40,41)28-8-3-2-4-9-28/h2-19H,20-21H2,1H3,(H,32,37)(H,33,36)/b31-19-. The number of nitro groups is 1. The second kappa shape index (κ2) is 14.4. The predicted octanol–water partition coefficient (Wildman–Crippen LogP) is 3.97. The van der Waals surface area contributed by atoms with Gasteiger partial charge >= 0.3 is 0 Å². The van der Waals surface area contributed by atoms with E-state index in [-0.39, 0.29) is 28.8 Å². The van der Waals surface area contributed by atoms with Crippen LogP contribution in [0.1, 0.15) is 5.56 Å². The van der Waals surface area contributed by atoms with E-state index in [1.54, 1.807) is 61.7 Å². The Morgan fingerprint density at radius 3 is 2.25 bits per heavy atom. The number of rotatable bonds is 13. The van der Waals surface area contributed by atoms with Gasteiger partial charge in [0.1, 0.15) is 18.0 Å². The fourth-order valence-electron chi connectivity index (χ4n) is 3.81. The fourth-order valence-corrected chi connectivity index (χ4v) is 5.25. The molecule has 0 spiro atoms. The summed E-state index contributed by atoms with van der Waals surface area (Å²) >= 11 is 0. The average molecular weight is 618 g/mol. The topological polar surface area (TPSA) is 170 Å². The number of hydrogen-bond acceptors (Lipinski definition) is 9. The second-order valence-electron chi connectivity index (χ2n) is 9.03. The molecule has 4 aromatic carbocycles. The molecule has 0 bridgehead atoms. The molecule has 0 aliphatic heterocycles. The Hall–Kier alpha value is -5.76. The molecule has 4 rings (SSSR count). The maximum absolute atomic E-state index is 13.4. The molecule has 0 fully saturated rings. The van der Waals surface area contributed by atoms with Crippen molar-refractivity contribution in [2.45, 2.75) is 4.90 Å². The molecule has 0 saturated heterocycles. The average Bonchev–Trinajstić information content (AvgIpc) is 3.04. The van der Waals surface area contributed by atoms with Crippen LogP contribution in [-0.2, 0) is 19.6 Å². The number of carbonyl (C=O) groups excluding carboxylic acids is 2. The predicted molar refractivity (Wildman–Crippen MR) is 163 cm³/mol. The van der Waals surface area contributed by atoms with Gasteiger partial charge in [-0.3, -0.25) is 24.0 Å². The van der Waals surface area contributed by atoms with E-state index in [9.17, 15) is 28.1 Å². The largest absolute Gasteiger partial charge is 0.497 e. The molecular formula is C30H27N5O8S. The van der Waals surface area contributed by atoms with Gasteiger partial charge in [-0.2, -0.15) is 5.10 Å². The van der Waals surface area contributed by atoms with Gasteiger partial charge in [0.25, 0.3) is 27.5 Å². The number of hydrogen-bond donors (Lipinski definition) is 2. The zero-order chi connectivity index (χ0) is 31.5. The first-order valence-electron chi connectivity index (χ1n) is 13.0. The summed E-state index contributed by atoms with van der Waals surface area (Å²) in [5.41, 5.74) is 3.06. The van der Waals surface area contributed by atoms with Crippen molar-refractivity contribution in [3.63, 3.8) is 0 Å². The first kappa shape index (κ1) is 31.2. The quantitative estimate of drug-likeness (QED) is 0.129. The van der Waals surface area contributed by atoms with Gasteiger partial charge in [-0.1, -0.05) is 24.3 Å². The molecule has 4 aromatic rings. The molecule has 0 aliphatic rings. The number of nitro benzene ring substituents is 1. The van der Waals surface area contributed by atoms with Gasteiger partial charge in [0.05, 0.1) is 28.8 Å². The molecule has 0 atom stereocenters. The molecule has 0 radical (unpaired) electrons. The van der Waals surface area contributed by atoms with Gasteiger partial charge in [0.2, 0.25) is 0 Å². The first-order chi connectivity index (χ1) is 21.2. The van der Waals surface area contributed by atoms with Crippen LogP contribution in [0.2, 0.25) is 0 Å². The van der Waals surface area contributed by atoms with E-state index in [4.69, 9.17) is 9.47 Å². The van der Waals surface area contributed by atoms with E-state index >= 15 is 0 Å². The maximum Gasteiger partial charge on any atom is 0.271 e. The van der Waals surface area contributed by atoms with Crippen molar-refractivity contribution in [3.8, 4) is 11.5 Å². The van der Waals surface area contributed by atoms with Gasteiger partial charge in [0.15, 0.2) is 6.61 Å². The van der Waals surface area contributed by atoms with Gasteiger partial charge in [-0.25, -0.2) is 13.8 Å². The monoisotopic (exact) mass is 617 g/mol. The molecule has 13 nitrogen and oxygen atoms in total. The molecule has 44 heavy (non-hydrogen) atoms. The molecule has 14 heteroatoms. The van der Waals surface area contributed by atoms with E-state index in [0.717, 1.165) is 10.4 Å². The van der Waals surface area contributed by atoms with Gasteiger partial charge in [-0.15, -0.1) is 0 Å². The van der Waals surface area contributed by atoms with Crippen LogP contribution in [0.5, 0.6) is 11.5 Å². The number of sulfonamides is 1. The maximum atomic E-state index is 13.4. The lowest BCUT2D eigenvalue weighted by Crippen LogP contribution is -2.39. The molecule has 0 saturated carbocycles. The summed E-state index contributed by atoms with van der Waals surface area (Å²) in [5, 5.41) is 17.9. The third-order valence-electron chi connectivity index (χ3n) is 5.97. The highest BCUT2D eigenvalue weighted by Gasteiger charge is 2.28. The minimum absolute atomic E-state index is 0.0598. The lowest BCUT2D eigenvalue weighted by Gasteiger charge is -2.23. The highest BCUT2D eigenvalue weighted by atomic mass is 32.2. The third kappa shape index (κ3) is 8.39. The van der Waals surface area contributed by atoms with Gasteiger partial charge in [0, 0.05) is 17.8 Å². The van der Waals surface area contributed by atoms with Crippen LogP contribution in [0.3, 0.4) is 0 Å². The highest BCUT2D eigenvalue weighted by Crippen LogP contribution is 2.27. The number of non-ortho nitro benzene ring substituents is 1.